The van der Waals surface area contributed by atoms with Crippen molar-refractivity contribution in [3.05, 3.63) is 216 Å². The van der Waals surface area contributed by atoms with E-state index in [1.807, 2.05) is 6.07 Å². The molecule has 0 bridgehead atoms. The van der Waals surface area contributed by atoms with Crippen LogP contribution in [-0.2, 0) is 5.41 Å². The van der Waals surface area contributed by atoms with E-state index in [-0.39, 0.29) is 10.8 Å². The molecule has 0 amide bonds. The lowest BCUT2D eigenvalue weighted by Crippen LogP contribution is -2.41. The van der Waals surface area contributed by atoms with Crippen molar-refractivity contribution in [1.82, 2.24) is 4.57 Å². The molecule has 1 spiro atoms. The quantitative estimate of drug-likeness (QED) is 0.157. The highest BCUT2D eigenvalue weighted by Crippen LogP contribution is 2.71. The van der Waals surface area contributed by atoms with E-state index in [2.05, 4.69) is 212 Å². The summed E-state index contributed by atoms with van der Waals surface area (Å²) < 4.78 is 9.00. The molecule has 1 atom stereocenters. The fraction of sp³-hybridized carbons (Fsp3) is 0.123. The highest BCUT2D eigenvalue weighted by Gasteiger charge is 2.62. The minimum atomic E-state index is -0.322. The Hall–Kier alpha value is -7.10. The molecule has 0 fully saturated rings. The summed E-state index contributed by atoms with van der Waals surface area (Å²) in [6.07, 6.45) is 13.5. The van der Waals surface area contributed by atoms with Gasteiger partial charge in [-0.2, -0.15) is 0 Å². The van der Waals surface area contributed by atoms with E-state index < -0.39 is 0 Å². The van der Waals surface area contributed by atoms with Crippen molar-refractivity contribution < 1.29 is 4.42 Å². The van der Waals surface area contributed by atoms with E-state index in [1.54, 1.807) is 0 Å². The fourth-order valence-electron chi connectivity index (χ4n) is 11.4. The molecular weight excluding hydrogens is 729 g/mol. The molecule has 3 aliphatic carbocycles. The maximum atomic E-state index is 6.56. The van der Waals surface area contributed by atoms with Crippen LogP contribution >= 0.6 is 0 Å². The minimum Gasteiger partial charge on any atom is -0.456 e. The van der Waals surface area contributed by atoms with Crippen LogP contribution in [0.2, 0.25) is 0 Å². The second-order valence-electron chi connectivity index (χ2n) is 16.8. The summed E-state index contributed by atoms with van der Waals surface area (Å²) in [5, 5.41) is 4.75. The first kappa shape index (κ1) is 34.9. The van der Waals surface area contributed by atoms with Crippen LogP contribution in [0.3, 0.4) is 0 Å². The second-order valence-corrected chi connectivity index (χ2v) is 16.8. The van der Waals surface area contributed by atoms with Crippen molar-refractivity contribution in [3.8, 4) is 11.1 Å². The van der Waals surface area contributed by atoms with Gasteiger partial charge in [-0.25, -0.2) is 0 Å². The zero-order valence-electron chi connectivity index (χ0n) is 34.1. The number of nitrogens with zero attached hydrogens (tertiary/aromatic N) is 2. The number of furan rings is 1. The number of rotatable bonds is 6. The van der Waals surface area contributed by atoms with Crippen LogP contribution in [0.5, 0.6) is 0 Å². The molecule has 0 aliphatic heterocycles. The molecule has 3 aliphatic rings. The predicted molar refractivity (Wildman–Crippen MR) is 252 cm³/mol. The van der Waals surface area contributed by atoms with Gasteiger partial charge < -0.3 is 13.9 Å². The van der Waals surface area contributed by atoms with E-state index in [0.29, 0.717) is 0 Å². The van der Waals surface area contributed by atoms with E-state index in [1.165, 1.54) is 66.5 Å². The average molecular weight is 773 g/mol. The Kier molecular flexibility index (Phi) is 7.53. The van der Waals surface area contributed by atoms with Gasteiger partial charge in [-0.15, -0.1) is 0 Å². The monoisotopic (exact) mass is 772 g/mol. The first-order chi connectivity index (χ1) is 29.5. The molecule has 3 nitrogen and oxygen atoms in total. The number of anilines is 2. The first-order valence-corrected chi connectivity index (χ1v) is 21.3. The first-order valence-electron chi connectivity index (χ1n) is 21.3. The van der Waals surface area contributed by atoms with E-state index in [0.717, 1.165) is 51.9 Å². The largest absolute Gasteiger partial charge is 0.456 e. The third kappa shape index (κ3) is 4.55. The zero-order chi connectivity index (χ0) is 40.2. The summed E-state index contributed by atoms with van der Waals surface area (Å²) in [7, 11) is 0. The van der Waals surface area contributed by atoms with Gasteiger partial charge in [-0.1, -0.05) is 147 Å². The van der Waals surface area contributed by atoms with Crippen molar-refractivity contribution in [3.63, 3.8) is 0 Å². The summed E-state index contributed by atoms with van der Waals surface area (Å²) in [5.41, 5.74) is 17.7. The molecule has 2 aromatic heterocycles. The third-order valence-corrected chi connectivity index (χ3v) is 13.8. The molecule has 0 radical (unpaired) electrons. The maximum Gasteiger partial charge on any atom is 0.137 e. The van der Waals surface area contributed by atoms with Gasteiger partial charge in [-0.05, 0) is 107 Å². The van der Waals surface area contributed by atoms with Gasteiger partial charge in [-0.3, -0.25) is 0 Å². The molecule has 9 aromatic rings. The minimum absolute atomic E-state index is 0.236. The molecule has 0 N–H and O–H groups in total. The zero-order valence-corrected chi connectivity index (χ0v) is 34.1. The highest BCUT2D eigenvalue weighted by atomic mass is 16.3. The highest BCUT2D eigenvalue weighted by molar-refractivity contribution is 6.12. The Morgan fingerprint density at radius 2 is 1.22 bits per heavy atom. The lowest BCUT2D eigenvalue weighted by molar-refractivity contribution is 0.326. The molecule has 0 saturated heterocycles. The molecule has 1 unspecified atom stereocenters. The number of hydrogen-bond acceptors (Lipinski definition) is 2. The molecule has 288 valence electrons. The Balaban J connectivity index is 1.11. The van der Waals surface area contributed by atoms with Gasteiger partial charge in [0.15, 0.2) is 0 Å². The third-order valence-electron chi connectivity index (χ3n) is 13.8. The van der Waals surface area contributed by atoms with Crippen LogP contribution in [-0.4, -0.2) is 4.57 Å². The van der Waals surface area contributed by atoms with Crippen molar-refractivity contribution in [2.45, 2.75) is 39.0 Å². The van der Waals surface area contributed by atoms with Crippen molar-refractivity contribution in [1.29, 1.82) is 0 Å². The van der Waals surface area contributed by atoms with Crippen LogP contribution in [0.1, 0.15) is 55.9 Å². The normalized spacial score (nSPS) is 17.7. The maximum absolute atomic E-state index is 6.56. The topological polar surface area (TPSA) is 21.3 Å². The summed E-state index contributed by atoms with van der Waals surface area (Å²) in [6.45, 7) is 6.83. The number of benzene rings is 7. The van der Waals surface area contributed by atoms with Gasteiger partial charge in [0.1, 0.15) is 11.2 Å². The summed E-state index contributed by atoms with van der Waals surface area (Å²) in [5.74, 6) is 0. The second kappa shape index (κ2) is 12.9. The standard InChI is InChI=1S/C57H44N2O/c1-4-16-37(17-5-2)59-52-26-14-9-20-43(52)44-30-28-38(35-53(44)59)58(39-29-31-46-45-21-10-15-27-54(45)60-55(46)36-39)40-32-33-56(3)51(34-40)47-22-8-13-25-50(47)57(56)48-23-11-6-18-41(48)42-19-7-12-24-49(42)57/h4,6-32,34-36H,5,33H2,1-3H3/b16-4-,37-17+. The number of para-hydroxylation sites is 2. The molecule has 60 heavy (non-hydrogen) atoms. The molecular formula is C57H44N2O. The molecule has 7 aromatic carbocycles. The van der Waals surface area contributed by atoms with Crippen LogP contribution in [0.15, 0.2) is 198 Å². The van der Waals surface area contributed by atoms with E-state index in [4.69, 9.17) is 4.42 Å². The average Bonchev–Trinajstić information content (AvgIpc) is 3.98. The predicted octanol–water partition coefficient (Wildman–Crippen LogP) is 15.4. The molecule has 3 heteroatoms. The number of hydrogen-bond donors (Lipinski definition) is 0. The van der Waals surface area contributed by atoms with Crippen LogP contribution < -0.4 is 4.90 Å². The Morgan fingerprint density at radius 1 is 0.633 bits per heavy atom. The number of aromatic nitrogens is 1. The van der Waals surface area contributed by atoms with Crippen LogP contribution in [0.4, 0.5) is 11.4 Å². The van der Waals surface area contributed by atoms with E-state index >= 15 is 0 Å². The summed E-state index contributed by atoms with van der Waals surface area (Å²) >= 11 is 0. The SMILES string of the molecule is C/C=C\C(=C/CC)n1c2ccccc2c2ccc(N(C3=CCC4(C)C(=C3)c3ccccc3C43c4ccccc4-c4ccccc43)c3ccc4c(c3)oc3ccccc34)cc21. The van der Waals surface area contributed by atoms with Crippen molar-refractivity contribution in [2.24, 2.45) is 5.41 Å². The fourth-order valence-corrected chi connectivity index (χ4v) is 11.4. The van der Waals surface area contributed by atoms with Gasteiger partial charge in [0.25, 0.3) is 0 Å². The van der Waals surface area contributed by atoms with Gasteiger partial charge in [0, 0.05) is 55.8 Å². The van der Waals surface area contributed by atoms with Crippen molar-refractivity contribution >= 4 is 66.4 Å². The summed E-state index contributed by atoms with van der Waals surface area (Å²) in [6, 6.07) is 58.4. The lowest BCUT2D eigenvalue weighted by Gasteiger charge is -2.46. The number of allylic oxidation sites excluding steroid dienone is 7. The van der Waals surface area contributed by atoms with Crippen LogP contribution in [0.25, 0.3) is 66.1 Å². The lowest BCUT2D eigenvalue weighted by atomic mass is 9.56. The summed E-state index contributed by atoms with van der Waals surface area (Å²) in [4.78, 5) is 2.46. The Bertz CT molecular complexity index is 3340. The van der Waals surface area contributed by atoms with Gasteiger partial charge in [0.05, 0.1) is 16.4 Å². The Morgan fingerprint density at radius 3 is 1.95 bits per heavy atom. The smallest absolute Gasteiger partial charge is 0.137 e. The molecule has 2 heterocycles. The van der Waals surface area contributed by atoms with E-state index in [9.17, 15) is 0 Å². The van der Waals surface area contributed by atoms with Crippen molar-refractivity contribution in [2.75, 3.05) is 4.90 Å². The molecule has 12 rings (SSSR count). The van der Waals surface area contributed by atoms with Crippen LogP contribution in [0, 0.1) is 5.41 Å². The van der Waals surface area contributed by atoms with Gasteiger partial charge >= 0.3 is 0 Å². The number of fused-ring (bicyclic) bond motifs is 16. The van der Waals surface area contributed by atoms with Gasteiger partial charge in [0.2, 0.25) is 0 Å². The Labute approximate surface area is 350 Å². The molecule has 0 saturated carbocycles.